The van der Waals surface area contributed by atoms with Crippen molar-refractivity contribution < 1.29 is 13.9 Å². The van der Waals surface area contributed by atoms with E-state index in [1.807, 2.05) is 11.6 Å². The van der Waals surface area contributed by atoms with Crippen LogP contribution in [-0.4, -0.2) is 41.1 Å². The van der Waals surface area contributed by atoms with Gasteiger partial charge in [-0.3, -0.25) is 4.79 Å². The number of hydrogen-bond donors (Lipinski definition) is 2. The normalized spacial score (nSPS) is 15.7. The number of methoxy groups -OCH3 is 1. The molecule has 27 heavy (non-hydrogen) atoms. The van der Waals surface area contributed by atoms with Gasteiger partial charge in [0.05, 0.1) is 30.5 Å². The molecule has 1 amide bonds. The van der Waals surface area contributed by atoms with Crippen LogP contribution in [0.1, 0.15) is 53.6 Å². The zero-order valence-electron chi connectivity index (χ0n) is 15.7. The molecule has 1 aromatic carbocycles. The van der Waals surface area contributed by atoms with Crippen LogP contribution in [0.2, 0.25) is 0 Å². The predicted octanol–water partition coefficient (Wildman–Crippen LogP) is 2.57. The van der Waals surface area contributed by atoms with Gasteiger partial charge < -0.3 is 15.4 Å². The van der Waals surface area contributed by atoms with Gasteiger partial charge in [-0.05, 0) is 51.9 Å². The van der Waals surface area contributed by atoms with Crippen LogP contribution in [0.5, 0.6) is 5.75 Å². The minimum Gasteiger partial charge on any atom is -0.496 e. The van der Waals surface area contributed by atoms with Gasteiger partial charge in [-0.15, -0.1) is 17.5 Å². The van der Waals surface area contributed by atoms with E-state index in [-0.39, 0.29) is 30.0 Å². The maximum atomic E-state index is 14.2. The third-order valence-electron chi connectivity index (χ3n) is 4.81. The van der Waals surface area contributed by atoms with Crippen LogP contribution in [0, 0.1) is 12.7 Å². The summed E-state index contributed by atoms with van der Waals surface area (Å²) in [5, 5.41) is 14.3. The van der Waals surface area contributed by atoms with Crippen molar-refractivity contribution in [3.63, 3.8) is 0 Å². The average Bonchev–Trinajstić information content (AvgIpc) is 3.03. The summed E-state index contributed by atoms with van der Waals surface area (Å²) < 4.78 is 21.2. The van der Waals surface area contributed by atoms with Crippen molar-refractivity contribution >= 4 is 18.3 Å². The Morgan fingerprint density at radius 2 is 2.11 bits per heavy atom. The number of benzene rings is 1. The largest absolute Gasteiger partial charge is 0.496 e. The molecular formula is C18H25ClFN5O2. The van der Waals surface area contributed by atoms with E-state index in [1.165, 1.54) is 13.2 Å². The lowest BCUT2D eigenvalue weighted by Crippen LogP contribution is -2.31. The SMILES string of the molecule is COc1cccc(F)c1C(C)NC(=O)c1nnn(C2CCNCC2)c1C.Cl. The molecule has 1 aliphatic rings. The van der Waals surface area contributed by atoms with E-state index in [1.54, 1.807) is 19.1 Å². The Labute approximate surface area is 164 Å². The number of carbonyl (C=O) groups excluding carboxylic acids is 1. The topological polar surface area (TPSA) is 81.1 Å². The van der Waals surface area contributed by atoms with Gasteiger partial charge >= 0.3 is 0 Å². The van der Waals surface area contributed by atoms with Gasteiger partial charge in [-0.25, -0.2) is 9.07 Å². The number of nitrogens with one attached hydrogen (secondary N) is 2. The smallest absolute Gasteiger partial charge is 0.274 e. The second-order valence-corrected chi connectivity index (χ2v) is 6.50. The molecule has 1 aliphatic heterocycles. The fourth-order valence-electron chi connectivity index (χ4n) is 3.40. The maximum absolute atomic E-state index is 14.2. The minimum atomic E-state index is -0.568. The summed E-state index contributed by atoms with van der Waals surface area (Å²) in [5.74, 6) is -0.402. The molecule has 2 heterocycles. The lowest BCUT2D eigenvalue weighted by atomic mass is 10.1. The Morgan fingerprint density at radius 3 is 2.78 bits per heavy atom. The molecule has 1 saturated heterocycles. The molecule has 0 radical (unpaired) electrons. The number of nitrogens with zero attached hydrogens (tertiary/aromatic N) is 3. The molecule has 1 fully saturated rings. The average molecular weight is 398 g/mol. The van der Waals surface area contributed by atoms with Gasteiger partial charge in [0.2, 0.25) is 0 Å². The first-order chi connectivity index (χ1) is 12.5. The first-order valence-electron chi connectivity index (χ1n) is 8.78. The van der Waals surface area contributed by atoms with Crippen molar-refractivity contribution in [3.05, 3.63) is 41.0 Å². The number of halogens is 2. The van der Waals surface area contributed by atoms with E-state index < -0.39 is 11.9 Å². The Balaban J connectivity index is 0.00000261. The van der Waals surface area contributed by atoms with Crippen LogP contribution in [0.3, 0.4) is 0 Å². The Hall–Kier alpha value is -2.19. The molecule has 148 valence electrons. The second-order valence-electron chi connectivity index (χ2n) is 6.50. The summed E-state index contributed by atoms with van der Waals surface area (Å²) in [5.41, 5.74) is 1.31. The minimum absolute atomic E-state index is 0. The predicted molar refractivity (Wildman–Crippen MR) is 102 cm³/mol. The highest BCUT2D eigenvalue weighted by molar-refractivity contribution is 5.93. The summed E-state index contributed by atoms with van der Waals surface area (Å²) in [6.07, 6.45) is 1.90. The Morgan fingerprint density at radius 1 is 1.41 bits per heavy atom. The van der Waals surface area contributed by atoms with Crippen molar-refractivity contribution in [3.8, 4) is 5.75 Å². The van der Waals surface area contributed by atoms with Crippen LogP contribution in [-0.2, 0) is 0 Å². The van der Waals surface area contributed by atoms with Gasteiger partial charge in [0, 0.05) is 0 Å². The zero-order valence-corrected chi connectivity index (χ0v) is 16.5. The monoisotopic (exact) mass is 397 g/mol. The maximum Gasteiger partial charge on any atom is 0.274 e. The number of hydrogen-bond acceptors (Lipinski definition) is 5. The summed E-state index contributed by atoms with van der Waals surface area (Å²) in [6.45, 7) is 5.40. The molecule has 3 rings (SSSR count). The number of ether oxygens (including phenoxy) is 1. The van der Waals surface area contributed by atoms with Crippen LogP contribution in [0.4, 0.5) is 4.39 Å². The fraction of sp³-hybridized carbons (Fsp3) is 0.500. The third kappa shape index (κ3) is 4.39. The highest BCUT2D eigenvalue weighted by Crippen LogP contribution is 2.28. The van der Waals surface area contributed by atoms with Crippen molar-refractivity contribution in [2.45, 2.75) is 38.8 Å². The highest BCUT2D eigenvalue weighted by atomic mass is 35.5. The van der Waals surface area contributed by atoms with Crippen molar-refractivity contribution in [2.24, 2.45) is 0 Å². The third-order valence-corrected chi connectivity index (χ3v) is 4.81. The van der Waals surface area contributed by atoms with Gasteiger partial charge in [0.1, 0.15) is 11.6 Å². The van der Waals surface area contributed by atoms with Gasteiger partial charge in [-0.1, -0.05) is 11.3 Å². The first kappa shape index (κ1) is 21.1. The van der Waals surface area contributed by atoms with E-state index in [4.69, 9.17) is 4.74 Å². The number of aromatic nitrogens is 3. The molecule has 0 bridgehead atoms. The lowest BCUT2D eigenvalue weighted by Gasteiger charge is -2.23. The van der Waals surface area contributed by atoms with Gasteiger partial charge in [0.25, 0.3) is 5.91 Å². The van der Waals surface area contributed by atoms with Crippen LogP contribution in [0.25, 0.3) is 0 Å². The standard InChI is InChI=1S/C18H24FN5O2.ClH/c1-11(16-14(19)5-4-6-15(16)26-3)21-18(25)17-12(2)24(23-22-17)13-7-9-20-10-8-13;/h4-6,11,13,20H,7-10H2,1-3H3,(H,21,25);1H. The van der Waals surface area contributed by atoms with Crippen LogP contribution < -0.4 is 15.4 Å². The van der Waals surface area contributed by atoms with Gasteiger partial charge in [-0.2, -0.15) is 0 Å². The second kappa shape index (κ2) is 9.14. The first-order valence-corrected chi connectivity index (χ1v) is 8.78. The molecule has 1 atom stereocenters. The Bertz CT molecular complexity index is 792. The number of piperidine rings is 1. The van der Waals surface area contributed by atoms with E-state index in [0.717, 1.165) is 31.6 Å². The molecule has 1 aromatic heterocycles. The van der Waals surface area contributed by atoms with Crippen molar-refractivity contribution in [2.75, 3.05) is 20.2 Å². The summed E-state index contributed by atoms with van der Waals surface area (Å²) in [4.78, 5) is 12.7. The molecule has 7 nitrogen and oxygen atoms in total. The molecule has 0 spiro atoms. The number of carbonyl (C=O) groups is 1. The van der Waals surface area contributed by atoms with Crippen LogP contribution in [0.15, 0.2) is 18.2 Å². The van der Waals surface area contributed by atoms with E-state index in [9.17, 15) is 9.18 Å². The highest BCUT2D eigenvalue weighted by Gasteiger charge is 2.25. The quantitative estimate of drug-likeness (QED) is 0.810. The van der Waals surface area contributed by atoms with Crippen molar-refractivity contribution in [1.29, 1.82) is 0 Å². The number of rotatable bonds is 5. The Kier molecular flexibility index (Phi) is 7.15. The van der Waals surface area contributed by atoms with E-state index >= 15 is 0 Å². The molecule has 2 N–H and O–H groups in total. The number of amides is 1. The fourth-order valence-corrected chi connectivity index (χ4v) is 3.40. The molecule has 2 aromatic rings. The molecule has 1 unspecified atom stereocenters. The zero-order chi connectivity index (χ0) is 18.7. The summed E-state index contributed by atoms with van der Waals surface area (Å²) in [6, 6.07) is 4.26. The lowest BCUT2D eigenvalue weighted by molar-refractivity contribution is 0.0933. The molecule has 9 heteroatoms. The molecule has 0 aliphatic carbocycles. The molecule has 0 saturated carbocycles. The van der Waals surface area contributed by atoms with Crippen molar-refractivity contribution in [1.82, 2.24) is 25.6 Å². The van der Waals surface area contributed by atoms with E-state index in [0.29, 0.717) is 11.3 Å². The van der Waals surface area contributed by atoms with Crippen LogP contribution >= 0.6 is 12.4 Å². The molecular weight excluding hydrogens is 373 g/mol. The summed E-state index contributed by atoms with van der Waals surface area (Å²) >= 11 is 0. The van der Waals surface area contributed by atoms with E-state index in [2.05, 4.69) is 20.9 Å². The summed E-state index contributed by atoms with van der Waals surface area (Å²) in [7, 11) is 1.47. The van der Waals surface area contributed by atoms with Gasteiger partial charge in [0.15, 0.2) is 5.69 Å².